The topological polar surface area (TPSA) is 44.8 Å². The first-order valence-electron chi connectivity index (χ1n) is 7.29. The van der Waals surface area contributed by atoms with Gasteiger partial charge in [0.2, 0.25) is 0 Å². The maximum atomic E-state index is 4.53. The third-order valence-electron chi connectivity index (χ3n) is 4.35. The average molecular weight is 266 g/mol. The largest absolute Gasteiger partial charge is 0.355 e. The van der Waals surface area contributed by atoms with E-state index in [0.29, 0.717) is 0 Å². The number of hydrogen-bond donors (Lipinski definition) is 1. The number of benzene rings is 1. The SMILES string of the molecule is CC1CCN(c2ncnc3c2[nH]c2ccccc23)CC1. The minimum absolute atomic E-state index is 0.825. The average Bonchev–Trinajstić information content (AvgIpc) is 2.87. The summed E-state index contributed by atoms with van der Waals surface area (Å²) in [5.41, 5.74) is 3.24. The second kappa shape index (κ2) is 4.47. The zero-order chi connectivity index (χ0) is 13.5. The van der Waals surface area contributed by atoms with Crippen molar-refractivity contribution in [1.29, 1.82) is 0 Å². The molecule has 0 amide bonds. The van der Waals surface area contributed by atoms with E-state index in [0.717, 1.165) is 41.4 Å². The highest BCUT2D eigenvalue weighted by Gasteiger charge is 2.20. The first-order valence-corrected chi connectivity index (χ1v) is 7.29. The molecule has 1 N–H and O–H groups in total. The minimum Gasteiger partial charge on any atom is -0.355 e. The number of para-hydroxylation sites is 1. The molecule has 4 heteroatoms. The van der Waals surface area contributed by atoms with Crippen molar-refractivity contribution < 1.29 is 0 Å². The quantitative estimate of drug-likeness (QED) is 0.734. The number of nitrogens with zero attached hydrogens (tertiary/aromatic N) is 3. The molecule has 0 bridgehead atoms. The number of rotatable bonds is 1. The summed E-state index contributed by atoms with van der Waals surface area (Å²) in [6.07, 6.45) is 4.17. The number of aromatic nitrogens is 3. The summed E-state index contributed by atoms with van der Waals surface area (Å²) in [4.78, 5) is 14.9. The molecule has 1 aromatic carbocycles. The number of fused-ring (bicyclic) bond motifs is 3. The van der Waals surface area contributed by atoms with E-state index < -0.39 is 0 Å². The molecule has 1 saturated heterocycles. The van der Waals surface area contributed by atoms with Crippen LogP contribution in [0.1, 0.15) is 19.8 Å². The summed E-state index contributed by atoms with van der Waals surface area (Å²) in [7, 11) is 0. The van der Waals surface area contributed by atoms with Gasteiger partial charge in [0.05, 0.1) is 0 Å². The Morgan fingerprint density at radius 1 is 1.15 bits per heavy atom. The monoisotopic (exact) mass is 266 g/mol. The summed E-state index contributed by atoms with van der Waals surface area (Å²) < 4.78 is 0. The molecule has 4 nitrogen and oxygen atoms in total. The Hall–Kier alpha value is -2.10. The molecule has 0 unspecified atom stereocenters. The van der Waals surface area contributed by atoms with Crippen molar-refractivity contribution in [1.82, 2.24) is 15.0 Å². The van der Waals surface area contributed by atoms with Gasteiger partial charge in [-0.2, -0.15) is 0 Å². The summed E-state index contributed by atoms with van der Waals surface area (Å²) >= 11 is 0. The highest BCUT2D eigenvalue weighted by molar-refractivity contribution is 6.08. The number of piperidine rings is 1. The molecular weight excluding hydrogens is 248 g/mol. The Kier molecular flexibility index (Phi) is 2.62. The molecule has 3 heterocycles. The van der Waals surface area contributed by atoms with E-state index in [-0.39, 0.29) is 0 Å². The van der Waals surface area contributed by atoms with Crippen molar-refractivity contribution >= 4 is 27.8 Å². The van der Waals surface area contributed by atoms with Gasteiger partial charge in [-0.05, 0) is 24.8 Å². The van der Waals surface area contributed by atoms with Gasteiger partial charge >= 0.3 is 0 Å². The highest BCUT2D eigenvalue weighted by atomic mass is 15.2. The van der Waals surface area contributed by atoms with Gasteiger partial charge in [0.25, 0.3) is 0 Å². The lowest BCUT2D eigenvalue weighted by Gasteiger charge is -2.31. The molecule has 4 rings (SSSR count). The van der Waals surface area contributed by atoms with Crippen molar-refractivity contribution in [3.63, 3.8) is 0 Å². The van der Waals surface area contributed by atoms with Gasteiger partial charge in [0.1, 0.15) is 17.4 Å². The highest BCUT2D eigenvalue weighted by Crippen LogP contribution is 2.30. The molecule has 0 saturated carbocycles. The fraction of sp³-hybridized carbons (Fsp3) is 0.375. The molecule has 2 aromatic heterocycles. The van der Waals surface area contributed by atoms with Crippen LogP contribution >= 0.6 is 0 Å². The Balaban J connectivity index is 1.87. The normalized spacial score (nSPS) is 17.1. The fourth-order valence-corrected chi connectivity index (χ4v) is 3.09. The second-order valence-corrected chi connectivity index (χ2v) is 5.76. The Bertz CT molecular complexity index is 753. The molecule has 1 aliphatic rings. The van der Waals surface area contributed by atoms with Gasteiger partial charge in [-0.1, -0.05) is 25.1 Å². The number of aromatic amines is 1. The summed E-state index contributed by atoms with van der Waals surface area (Å²) in [6.45, 7) is 4.50. The minimum atomic E-state index is 0.825. The molecule has 0 spiro atoms. The first kappa shape index (κ1) is 11.7. The van der Waals surface area contributed by atoms with Crippen LogP contribution in [0, 0.1) is 5.92 Å². The van der Waals surface area contributed by atoms with Crippen LogP contribution in [0.15, 0.2) is 30.6 Å². The lowest BCUT2D eigenvalue weighted by molar-refractivity contribution is 0.437. The zero-order valence-electron chi connectivity index (χ0n) is 11.6. The van der Waals surface area contributed by atoms with Crippen molar-refractivity contribution in [2.24, 2.45) is 5.92 Å². The number of hydrogen-bond acceptors (Lipinski definition) is 3. The molecule has 102 valence electrons. The number of anilines is 1. The predicted molar refractivity (Wildman–Crippen MR) is 82.0 cm³/mol. The van der Waals surface area contributed by atoms with E-state index in [1.807, 2.05) is 6.07 Å². The van der Waals surface area contributed by atoms with Crippen LogP contribution in [-0.2, 0) is 0 Å². The van der Waals surface area contributed by atoms with E-state index in [1.54, 1.807) is 6.33 Å². The molecule has 3 aromatic rings. The van der Waals surface area contributed by atoms with E-state index in [2.05, 4.69) is 45.0 Å². The van der Waals surface area contributed by atoms with Crippen LogP contribution < -0.4 is 4.90 Å². The van der Waals surface area contributed by atoms with E-state index in [9.17, 15) is 0 Å². The van der Waals surface area contributed by atoms with Gasteiger partial charge in [0, 0.05) is 24.0 Å². The van der Waals surface area contributed by atoms with Crippen molar-refractivity contribution in [2.75, 3.05) is 18.0 Å². The zero-order valence-corrected chi connectivity index (χ0v) is 11.6. The third-order valence-corrected chi connectivity index (χ3v) is 4.35. The fourth-order valence-electron chi connectivity index (χ4n) is 3.09. The molecule has 0 aliphatic carbocycles. The van der Waals surface area contributed by atoms with Gasteiger partial charge in [-0.15, -0.1) is 0 Å². The van der Waals surface area contributed by atoms with Crippen LogP contribution in [0.2, 0.25) is 0 Å². The summed E-state index contributed by atoms with van der Waals surface area (Å²) in [6, 6.07) is 8.32. The lowest BCUT2D eigenvalue weighted by Crippen LogP contribution is -2.33. The van der Waals surface area contributed by atoms with Gasteiger partial charge in [-0.3, -0.25) is 0 Å². The number of H-pyrrole nitrogens is 1. The van der Waals surface area contributed by atoms with Gasteiger partial charge in [0.15, 0.2) is 5.82 Å². The maximum absolute atomic E-state index is 4.53. The second-order valence-electron chi connectivity index (χ2n) is 5.76. The van der Waals surface area contributed by atoms with E-state index in [4.69, 9.17) is 0 Å². The maximum Gasteiger partial charge on any atom is 0.156 e. The van der Waals surface area contributed by atoms with Crippen LogP contribution in [-0.4, -0.2) is 28.0 Å². The standard InChI is InChI=1S/C16H18N4/c1-11-6-8-20(9-7-11)16-15-14(17-10-18-16)12-4-2-3-5-13(12)19-15/h2-5,10-11,19H,6-9H2,1H3. The Labute approximate surface area is 117 Å². The van der Waals surface area contributed by atoms with Gasteiger partial charge in [-0.25, -0.2) is 9.97 Å². The number of nitrogens with one attached hydrogen (secondary N) is 1. The van der Waals surface area contributed by atoms with Crippen molar-refractivity contribution in [2.45, 2.75) is 19.8 Å². The predicted octanol–water partition coefficient (Wildman–Crippen LogP) is 3.35. The first-order chi connectivity index (χ1) is 9.83. The molecule has 20 heavy (non-hydrogen) atoms. The van der Waals surface area contributed by atoms with Crippen LogP contribution in [0.3, 0.4) is 0 Å². The van der Waals surface area contributed by atoms with Crippen LogP contribution in [0.25, 0.3) is 21.9 Å². The summed E-state index contributed by atoms with van der Waals surface area (Å²) in [5, 5.41) is 1.18. The molecule has 1 aliphatic heterocycles. The van der Waals surface area contributed by atoms with Crippen LogP contribution in [0.5, 0.6) is 0 Å². The Morgan fingerprint density at radius 3 is 2.80 bits per heavy atom. The lowest BCUT2D eigenvalue weighted by atomic mass is 9.99. The summed E-state index contributed by atoms with van der Waals surface area (Å²) in [5.74, 6) is 1.88. The van der Waals surface area contributed by atoms with Gasteiger partial charge < -0.3 is 9.88 Å². The molecule has 0 radical (unpaired) electrons. The Morgan fingerprint density at radius 2 is 1.95 bits per heavy atom. The van der Waals surface area contributed by atoms with E-state index >= 15 is 0 Å². The third kappa shape index (κ3) is 1.75. The van der Waals surface area contributed by atoms with E-state index in [1.165, 1.54) is 18.2 Å². The van der Waals surface area contributed by atoms with Crippen molar-refractivity contribution in [3.8, 4) is 0 Å². The molecule has 0 atom stereocenters. The van der Waals surface area contributed by atoms with Crippen LogP contribution in [0.4, 0.5) is 5.82 Å². The van der Waals surface area contributed by atoms with Crippen molar-refractivity contribution in [3.05, 3.63) is 30.6 Å². The molecular formula is C16H18N4. The smallest absolute Gasteiger partial charge is 0.156 e. The molecule has 1 fully saturated rings.